The van der Waals surface area contributed by atoms with E-state index in [0.29, 0.717) is 37.3 Å². The molecule has 0 radical (unpaired) electrons. The summed E-state index contributed by atoms with van der Waals surface area (Å²) < 4.78 is 62.8. The second kappa shape index (κ2) is 8.05. The number of rotatable bonds is 4. The quantitative estimate of drug-likeness (QED) is 0.602. The maximum absolute atomic E-state index is 12.9. The average Bonchev–Trinajstić information content (AvgIpc) is 2.72. The van der Waals surface area contributed by atoms with E-state index in [1.165, 1.54) is 12.5 Å². The van der Waals surface area contributed by atoms with Gasteiger partial charge in [0.15, 0.2) is 9.84 Å². The molecule has 0 aliphatic carbocycles. The molecule has 0 saturated carbocycles. The number of hydrogen-bond donors (Lipinski definition) is 0. The smallest absolute Gasteiger partial charge is 0.294 e. The molecule has 3 aromatic rings. The summed E-state index contributed by atoms with van der Waals surface area (Å²) in [5.74, 6) is -1.12. The van der Waals surface area contributed by atoms with Gasteiger partial charge in [0.05, 0.1) is 10.6 Å². The zero-order valence-electron chi connectivity index (χ0n) is 16.7. The van der Waals surface area contributed by atoms with Crippen molar-refractivity contribution in [3.63, 3.8) is 0 Å². The van der Waals surface area contributed by atoms with Crippen molar-refractivity contribution in [2.24, 2.45) is 0 Å². The summed E-state index contributed by atoms with van der Waals surface area (Å²) in [7, 11) is -3.38. The standard InChI is InChI=1S/C22H20F3N3O2S/c1-31(29,30)18-7-8-19(15-5-3-2-4-6-15)16(11-18)13-28-10-9-20-17(14-28)12-26-21(27-20)22(23,24)25/h2-8,11-12H,9-10,13-14H2,1H3. The Morgan fingerprint density at radius 3 is 2.52 bits per heavy atom. The number of sulfone groups is 1. The molecule has 1 aliphatic heterocycles. The van der Waals surface area contributed by atoms with Gasteiger partial charge in [-0.05, 0) is 28.8 Å². The van der Waals surface area contributed by atoms with E-state index in [2.05, 4.69) is 14.9 Å². The Morgan fingerprint density at radius 1 is 1.10 bits per heavy atom. The van der Waals surface area contributed by atoms with Gasteiger partial charge in [-0.15, -0.1) is 0 Å². The Bertz CT molecular complexity index is 1210. The van der Waals surface area contributed by atoms with Gasteiger partial charge in [-0.1, -0.05) is 36.4 Å². The van der Waals surface area contributed by atoms with Crippen LogP contribution < -0.4 is 0 Å². The van der Waals surface area contributed by atoms with E-state index < -0.39 is 21.8 Å². The number of fused-ring (bicyclic) bond motifs is 1. The van der Waals surface area contributed by atoms with Crippen molar-refractivity contribution in [2.75, 3.05) is 12.8 Å². The SMILES string of the molecule is CS(=O)(=O)c1ccc(-c2ccccc2)c(CN2CCc3nc(C(F)(F)F)ncc3C2)c1. The van der Waals surface area contributed by atoms with Gasteiger partial charge in [-0.25, -0.2) is 18.4 Å². The van der Waals surface area contributed by atoms with Crippen molar-refractivity contribution in [1.29, 1.82) is 0 Å². The van der Waals surface area contributed by atoms with Crippen LogP contribution in [-0.4, -0.2) is 36.1 Å². The minimum Gasteiger partial charge on any atom is -0.294 e. The van der Waals surface area contributed by atoms with E-state index in [1.807, 2.05) is 30.3 Å². The molecular formula is C22H20F3N3O2S. The third-order valence-electron chi connectivity index (χ3n) is 5.25. The number of alkyl halides is 3. The predicted molar refractivity (Wildman–Crippen MR) is 110 cm³/mol. The van der Waals surface area contributed by atoms with Gasteiger partial charge < -0.3 is 0 Å². The summed E-state index contributed by atoms with van der Waals surface area (Å²) >= 11 is 0. The van der Waals surface area contributed by atoms with Gasteiger partial charge in [0.25, 0.3) is 0 Å². The lowest BCUT2D eigenvalue weighted by Crippen LogP contribution is -2.31. The molecule has 2 aromatic carbocycles. The molecule has 5 nitrogen and oxygen atoms in total. The fraction of sp³-hybridized carbons (Fsp3) is 0.273. The molecule has 0 N–H and O–H groups in total. The summed E-state index contributed by atoms with van der Waals surface area (Å²) in [6, 6.07) is 14.7. The molecule has 162 valence electrons. The van der Waals surface area contributed by atoms with Gasteiger partial charge >= 0.3 is 6.18 Å². The van der Waals surface area contributed by atoms with Crippen LogP contribution in [0.4, 0.5) is 13.2 Å². The van der Waals surface area contributed by atoms with Gasteiger partial charge in [0.2, 0.25) is 5.82 Å². The van der Waals surface area contributed by atoms with Crippen LogP contribution in [0.2, 0.25) is 0 Å². The van der Waals surface area contributed by atoms with Crippen LogP contribution in [0.3, 0.4) is 0 Å². The average molecular weight is 447 g/mol. The van der Waals surface area contributed by atoms with Crippen molar-refractivity contribution in [3.05, 3.63) is 77.4 Å². The summed E-state index contributed by atoms with van der Waals surface area (Å²) in [4.78, 5) is 9.47. The van der Waals surface area contributed by atoms with Crippen LogP contribution in [0.15, 0.2) is 59.6 Å². The van der Waals surface area contributed by atoms with E-state index in [4.69, 9.17) is 0 Å². The van der Waals surface area contributed by atoms with Gasteiger partial charge in [0, 0.05) is 44.1 Å². The van der Waals surface area contributed by atoms with Crippen LogP contribution in [0.25, 0.3) is 11.1 Å². The molecule has 0 fully saturated rings. The van der Waals surface area contributed by atoms with Crippen molar-refractivity contribution in [3.8, 4) is 11.1 Å². The van der Waals surface area contributed by atoms with E-state index in [0.717, 1.165) is 16.7 Å². The van der Waals surface area contributed by atoms with E-state index in [-0.39, 0.29) is 4.90 Å². The Kier molecular flexibility index (Phi) is 5.57. The highest BCUT2D eigenvalue weighted by molar-refractivity contribution is 7.90. The molecule has 0 amide bonds. The first-order valence-corrected chi connectivity index (χ1v) is 11.5. The lowest BCUT2D eigenvalue weighted by molar-refractivity contribution is -0.145. The topological polar surface area (TPSA) is 63.2 Å². The molecule has 0 atom stereocenters. The zero-order valence-corrected chi connectivity index (χ0v) is 17.5. The van der Waals surface area contributed by atoms with Crippen molar-refractivity contribution in [1.82, 2.24) is 14.9 Å². The molecule has 0 spiro atoms. The van der Waals surface area contributed by atoms with Gasteiger partial charge in [-0.3, -0.25) is 4.90 Å². The van der Waals surface area contributed by atoms with Crippen molar-refractivity contribution >= 4 is 9.84 Å². The monoisotopic (exact) mass is 447 g/mol. The molecule has 2 heterocycles. The largest absolute Gasteiger partial charge is 0.451 e. The van der Waals surface area contributed by atoms with Crippen LogP contribution in [0.5, 0.6) is 0 Å². The second-order valence-corrected chi connectivity index (χ2v) is 9.60. The molecule has 0 bridgehead atoms. The molecule has 1 aliphatic rings. The van der Waals surface area contributed by atoms with E-state index in [9.17, 15) is 21.6 Å². The van der Waals surface area contributed by atoms with Crippen LogP contribution in [0, 0.1) is 0 Å². The molecule has 1 aromatic heterocycles. The number of aromatic nitrogens is 2. The first-order chi connectivity index (χ1) is 14.6. The summed E-state index contributed by atoms with van der Waals surface area (Å²) in [6.45, 7) is 1.36. The first kappa shape index (κ1) is 21.5. The number of nitrogens with zero attached hydrogens (tertiary/aromatic N) is 3. The molecule has 4 rings (SSSR count). The summed E-state index contributed by atoms with van der Waals surface area (Å²) in [5.41, 5.74) is 3.78. The fourth-order valence-electron chi connectivity index (χ4n) is 3.72. The normalized spacial score (nSPS) is 15.0. The summed E-state index contributed by atoms with van der Waals surface area (Å²) in [5, 5.41) is 0. The number of halogens is 3. The Labute approximate surface area is 178 Å². The minimum atomic E-state index is -4.57. The Morgan fingerprint density at radius 2 is 1.84 bits per heavy atom. The zero-order chi connectivity index (χ0) is 22.2. The van der Waals surface area contributed by atoms with Crippen LogP contribution in [0.1, 0.15) is 22.6 Å². The van der Waals surface area contributed by atoms with Crippen LogP contribution >= 0.6 is 0 Å². The Balaban J connectivity index is 1.64. The molecule has 0 saturated heterocycles. The van der Waals surface area contributed by atoms with E-state index >= 15 is 0 Å². The first-order valence-electron chi connectivity index (χ1n) is 9.64. The maximum Gasteiger partial charge on any atom is 0.451 e. The molecule has 31 heavy (non-hydrogen) atoms. The summed E-state index contributed by atoms with van der Waals surface area (Å²) in [6.07, 6.45) is -1.79. The molecule has 0 unspecified atom stereocenters. The van der Waals surface area contributed by atoms with E-state index in [1.54, 1.807) is 18.2 Å². The number of benzene rings is 2. The maximum atomic E-state index is 12.9. The third-order valence-corrected chi connectivity index (χ3v) is 6.36. The molecule has 9 heteroatoms. The highest BCUT2D eigenvalue weighted by Crippen LogP contribution is 2.30. The predicted octanol–water partition coefficient (Wildman–Crippen LogP) is 4.12. The van der Waals surface area contributed by atoms with Crippen molar-refractivity contribution in [2.45, 2.75) is 30.6 Å². The van der Waals surface area contributed by atoms with Gasteiger partial charge in [0.1, 0.15) is 0 Å². The van der Waals surface area contributed by atoms with Gasteiger partial charge in [-0.2, -0.15) is 13.2 Å². The van der Waals surface area contributed by atoms with Crippen molar-refractivity contribution < 1.29 is 21.6 Å². The fourth-order valence-corrected chi connectivity index (χ4v) is 4.39. The number of hydrogen-bond acceptors (Lipinski definition) is 5. The highest BCUT2D eigenvalue weighted by atomic mass is 32.2. The highest BCUT2D eigenvalue weighted by Gasteiger charge is 2.35. The lowest BCUT2D eigenvalue weighted by Gasteiger charge is -2.29. The lowest BCUT2D eigenvalue weighted by atomic mass is 9.98. The minimum absolute atomic E-state index is 0.234. The van der Waals surface area contributed by atoms with Crippen LogP contribution in [-0.2, 0) is 35.5 Å². The third kappa shape index (κ3) is 4.77. The Hall–Kier alpha value is -2.78. The second-order valence-electron chi connectivity index (χ2n) is 7.58. The molecular weight excluding hydrogens is 427 g/mol.